The van der Waals surface area contributed by atoms with E-state index in [1.165, 1.54) is 6.42 Å². The highest BCUT2D eigenvalue weighted by Crippen LogP contribution is 2.32. The second kappa shape index (κ2) is 5.53. The van der Waals surface area contributed by atoms with Gasteiger partial charge in [-0.05, 0) is 24.8 Å². The first-order chi connectivity index (χ1) is 10.1. The first-order valence-electron chi connectivity index (χ1n) is 7.63. The Labute approximate surface area is 124 Å². The van der Waals surface area contributed by atoms with Gasteiger partial charge >= 0.3 is 0 Å². The summed E-state index contributed by atoms with van der Waals surface area (Å²) in [6.45, 7) is 2.19. The lowest BCUT2D eigenvalue weighted by molar-refractivity contribution is 0.0698. The third kappa shape index (κ3) is 2.68. The Morgan fingerprint density at radius 3 is 3.05 bits per heavy atom. The molecule has 21 heavy (non-hydrogen) atoms. The molecule has 1 aliphatic rings. The number of aliphatic hydroxyl groups is 1. The van der Waals surface area contributed by atoms with Crippen molar-refractivity contribution in [3.05, 3.63) is 36.0 Å². The summed E-state index contributed by atoms with van der Waals surface area (Å²) in [5, 5.41) is 13.8. The maximum atomic E-state index is 12.6. The zero-order valence-electron chi connectivity index (χ0n) is 12.4. The number of amides is 1. The number of aromatic amines is 1. The van der Waals surface area contributed by atoms with Crippen molar-refractivity contribution in [2.24, 2.45) is 5.92 Å². The van der Waals surface area contributed by atoms with E-state index in [2.05, 4.69) is 17.2 Å². The van der Waals surface area contributed by atoms with Crippen molar-refractivity contribution < 1.29 is 9.90 Å². The van der Waals surface area contributed by atoms with Crippen LogP contribution in [0.2, 0.25) is 0 Å². The van der Waals surface area contributed by atoms with Crippen LogP contribution in [0.15, 0.2) is 30.5 Å². The van der Waals surface area contributed by atoms with E-state index in [0.717, 1.165) is 30.2 Å². The van der Waals surface area contributed by atoms with Crippen LogP contribution in [-0.2, 0) is 0 Å². The average Bonchev–Trinajstić information content (AvgIpc) is 2.91. The smallest absolute Gasteiger partial charge is 0.253 e. The van der Waals surface area contributed by atoms with Crippen molar-refractivity contribution in [3.8, 4) is 0 Å². The standard InChI is InChI=1S/C17H22N2O2/c1-12-5-4-8-17(9-12,11-20)19-16(21)14-10-18-15-7-3-2-6-13(14)15/h2-3,6-7,10,12,18,20H,4-5,8-9,11H2,1H3,(H,19,21). The fourth-order valence-corrected chi connectivity index (χ4v) is 3.52. The Morgan fingerprint density at radius 1 is 1.48 bits per heavy atom. The molecule has 1 aromatic carbocycles. The van der Waals surface area contributed by atoms with E-state index >= 15 is 0 Å². The number of aliphatic hydroxyl groups excluding tert-OH is 1. The number of hydrogen-bond acceptors (Lipinski definition) is 2. The molecule has 1 heterocycles. The van der Waals surface area contributed by atoms with Gasteiger partial charge in [0.2, 0.25) is 0 Å². The minimum absolute atomic E-state index is 0.00539. The first-order valence-corrected chi connectivity index (χ1v) is 7.63. The van der Waals surface area contributed by atoms with Gasteiger partial charge < -0.3 is 15.4 Å². The van der Waals surface area contributed by atoms with Gasteiger partial charge in [-0.15, -0.1) is 0 Å². The second-order valence-electron chi connectivity index (χ2n) is 6.34. The van der Waals surface area contributed by atoms with E-state index in [4.69, 9.17) is 0 Å². The van der Waals surface area contributed by atoms with Crippen molar-refractivity contribution in [1.29, 1.82) is 0 Å². The van der Waals surface area contributed by atoms with Crippen molar-refractivity contribution in [3.63, 3.8) is 0 Å². The minimum Gasteiger partial charge on any atom is -0.394 e. The third-order valence-corrected chi connectivity index (χ3v) is 4.61. The highest BCUT2D eigenvalue weighted by molar-refractivity contribution is 6.06. The fourth-order valence-electron chi connectivity index (χ4n) is 3.52. The third-order valence-electron chi connectivity index (χ3n) is 4.61. The number of para-hydroxylation sites is 1. The zero-order chi connectivity index (χ0) is 14.9. The van der Waals surface area contributed by atoms with Gasteiger partial charge in [0, 0.05) is 17.1 Å². The molecule has 0 saturated heterocycles. The van der Waals surface area contributed by atoms with Crippen molar-refractivity contribution in [2.45, 2.75) is 38.1 Å². The maximum absolute atomic E-state index is 12.6. The molecule has 0 aliphatic heterocycles. The van der Waals surface area contributed by atoms with Crippen molar-refractivity contribution in [2.75, 3.05) is 6.61 Å². The number of nitrogens with one attached hydrogen (secondary N) is 2. The molecule has 2 aromatic rings. The largest absolute Gasteiger partial charge is 0.394 e. The lowest BCUT2D eigenvalue weighted by Crippen LogP contribution is -2.53. The van der Waals surface area contributed by atoms with Gasteiger partial charge in [-0.2, -0.15) is 0 Å². The quantitative estimate of drug-likeness (QED) is 0.812. The van der Waals surface area contributed by atoms with Gasteiger partial charge in [-0.3, -0.25) is 4.79 Å². The number of carbonyl (C=O) groups is 1. The Hall–Kier alpha value is -1.81. The number of H-pyrrole nitrogens is 1. The Balaban J connectivity index is 1.85. The molecule has 1 amide bonds. The molecule has 3 rings (SSSR count). The van der Waals surface area contributed by atoms with Crippen LogP contribution in [0.4, 0.5) is 0 Å². The summed E-state index contributed by atoms with van der Waals surface area (Å²) in [4.78, 5) is 15.7. The van der Waals surface area contributed by atoms with E-state index in [0.29, 0.717) is 11.5 Å². The van der Waals surface area contributed by atoms with E-state index in [1.807, 2.05) is 24.3 Å². The Kier molecular flexibility index (Phi) is 3.72. The van der Waals surface area contributed by atoms with E-state index in [1.54, 1.807) is 6.20 Å². The molecule has 4 heteroatoms. The summed E-state index contributed by atoms with van der Waals surface area (Å²) in [6, 6.07) is 7.77. The number of carbonyl (C=O) groups excluding carboxylic acids is 1. The Morgan fingerprint density at radius 2 is 2.29 bits per heavy atom. The number of aromatic nitrogens is 1. The van der Waals surface area contributed by atoms with Gasteiger partial charge in [0.15, 0.2) is 0 Å². The highest BCUT2D eigenvalue weighted by atomic mass is 16.3. The molecule has 1 saturated carbocycles. The topological polar surface area (TPSA) is 65.1 Å². The molecular weight excluding hydrogens is 264 g/mol. The fraction of sp³-hybridized carbons (Fsp3) is 0.471. The molecule has 0 bridgehead atoms. The van der Waals surface area contributed by atoms with Gasteiger partial charge in [-0.25, -0.2) is 0 Å². The van der Waals surface area contributed by atoms with Gasteiger partial charge in [0.25, 0.3) is 5.91 Å². The van der Waals surface area contributed by atoms with E-state index < -0.39 is 5.54 Å². The van der Waals surface area contributed by atoms with Crippen LogP contribution in [0.25, 0.3) is 10.9 Å². The molecule has 0 spiro atoms. The molecule has 2 atom stereocenters. The van der Waals surface area contributed by atoms with Gasteiger partial charge in [0.1, 0.15) is 0 Å². The van der Waals surface area contributed by atoms with E-state index in [9.17, 15) is 9.90 Å². The normalized spacial score (nSPS) is 25.9. The molecule has 0 radical (unpaired) electrons. The molecule has 1 aliphatic carbocycles. The summed E-state index contributed by atoms with van der Waals surface area (Å²) in [5.41, 5.74) is 1.14. The van der Waals surface area contributed by atoms with Crippen LogP contribution in [0.1, 0.15) is 43.0 Å². The van der Waals surface area contributed by atoms with E-state index in [-0.39, 0.29) is 12.5 Å². The molecule has 4 nitrogen and oxygen atoms in total. The van der Waals surface area contributed by atoms with Crippen LogP contribution in [0, 0.1) is 5.92 Å². The maximum Gasteiger partial charge on any atom is 0.253 e. The monoisotopic (exact) mass is 286 g/mol. The molecule has 112 valence electrons. The summed E-state index contributed by atoms with van der Waals surface area (Å²) in [7, 11) is 0. The zero-order valence-corrected chi connectivity index (χ0v) is 12.4. The molecule has 3 N–H and O–H groups in total. The molecule has 1 fully saturated rings. The average molecular weight is 286 g/mol. The summed E-state index contributed by atoms with van der Waals surface area (Å²) >= 11 is 0. The summed E-state index contributed by atoms with van der Waals surface area (Å²) in [5.74, 6) is 0.435. The van der Waals surface area contributed by atoms with Crippen LogP contribution in [0.5, 0.6) is 0 Å². The first kappa shape index (κ1) is 14.1. The second-order valence-corrected chi connectivity index (χ2v) is 6.34. The van der Waals surface area contributed by atoms with Crippen LogP contribution < -0.4 is 5.32 Å². The van der Waals surface area contributed by atoms with Crippen molar-refractivity contribution >= 4 is 16.8 Å². The van der Waals surface area contributed by atoms with Gasteiger partial charge in [-0.1, -0.05) is 38.0 Å². The predicted octanol–water partition coefficient (Wildman–Crippen LogP) is 2.84. The molecular formula is C17H22N2O2. The van der Waals surface area contributed by atoms with Crippen LogP contribution in [0.3, 0.4) is 0 Å². The lowest BCUT2D eigenvalue weighted by Gasteiger charge is -2.39. The van der Waals surface area contributed by atoms with Gasteiger partial charge in [0.05, 0.1) is 17.7 Å². The summed E-state index contributed by atoms with van der Waals surface area (Å²) < 4.78 is 0. The number of rotatable bonds is 3. The lowest BCUT2D eigenvalue weighted by atomic mass is 9.76. The molecule has 2 unspecified atom stereocenters. The number of benzene rings is 1. The van der Waals surface area contributed by atoms with Crippen molar-refractivity contribution in [1.82, 2.24) is 10.3 Å². The minimum atomic E-state index is -0.465. The van der Waals surface area contributed by atoms with Crippen LogP contribution in [-0.4, -0.2) is 28.1 Å². The van der Waals surface area contributed by atoms with Crippen LogP contribution >= 0.6 is 0 Å². The molecule has 1 aromatic heterocycles. The highest BCUT2D eigenvalue weighted by Gasteiger charge is 2.36. The Bertz CT molecular complexity index is 649. The predicted molar refractivity (Wildman–Crippen MR) is 83.2 cm³/mol. The summed E-state index contributed by atoms with van der Waals surface area (Å²) in [6.07, 6.45) is 5.66. The SMILES string of the molecule is CC1CCCC(CO)(NC(=O)c2c[nH]c3ccccc23)C1. The number of hydrogen-bond donors (Lipinski definition) is 3. The number of fused-ring (bicyclic) bond motifs is 1.